The number of urea groups is 1. The molecule has 6 heteroatoms. The number of amides is 2. The fraction of sp³-hybridized carbons (Fsp3) is 0.188. The van der Waals surface area contributed by atoms with E-state index in [4.69, 9.17) is 26.8 Å². The highest BCUT2D eigenvalue weighted by Crippen LogP contribution is 2.35. The Bertz CT molecular complexity index is 706. The molecule has 0 saturated heterocycles. The van der Waals surface area contributed by atoms with E-state index in [2.05, 4.69) is 5.32 Å². The van der Waals surface area contributed by atoms with Crippen LogP contribution in [0, 0.1) is 0 Å². The Labute approximate surface area is 133 Å². The number of carbonyl (C=O) groups is 1. The molecular weight excluding hydrogens is 304 g/mol. The number of hydrogen-bond donors (Lipinski definition) is 2. The van der Waals surface area contributed by atoms with E-state index in [1.807, 2.05) is 36.4 Å². The van der Waals surface area contributed by atoms with Gasteiger partial charge < -0.3 is 20.5 Å². The molecule has 0 spiro atoms. The maximum atomic E-state index is 11.4. The summed E-state index contributed by atoms with van der Waals surface area (Å²) < 4.78 is 11.1. The minimum Gasteiger partial charge on any atom is -0.486 e. The standard InChI is InChI=1S/C16H15ClN2O3/c17-12-4-2-1-3-11(12)15(19-16(18)20)10-5-6-13-14(9-10)22-8-7-21-13/h1-6,9,15H,7-8H2,(H3,18,19,20)/t15-/m1/s1. The number of halogens is 1. The van der Waals surface area contributed by atoms with Crippen molar-refractivity contribution in [2.75, 3.05) is 13.2 Å². The molecule has 0 saturated carbocycles. The van der Waals surface area contributed by atoms with E-state index in [1.165, 1.54) is 0 Å². The third-order valence-corrected chi connectivity index (χ3v) is 3.75. The van der Waals surface area contributed by atoms with Crippen LogP contribution in [0.4, 0.5) is 4.79 Å². The smallest absolute Gasteiger partial charge is 0.312 e. The molecule has 2 amide bonds. The molecular formula is C16H15ClN2O3. The summed E-state index contributed by atoms with van der Waals surface area (Å²) in [6, 6.07) is 11.7. The number of fused-ring (bicyclic) bond motifs is 1. The average molecular weight is 319 g/mol. The van der Waals surface area contributed by atoms with Crippen LogP contribution in [-0.2, 0) is 0 Å². The molecule has 1 aliphatic rings. The fourth-order valence-electron chi connectivity index (χ4n) is 2.43. The van der Waals surface area contributed by atoms with E-state index in [0.717, 1.165) is 11.1 Å². The van der Waals surface area contributed by atoms with Crippen LogP contribution in [0.15, 0.2) is 42.5 Å². The van der Waals surface area contributed by atoms with Gasteiger partial charge in [-0.2, -0.15) is 0 Å². The Balaban J connectivity index is 2.02. The van der Waals surface area contributed by atoms with Gasteiger partial charge in [0.1, 0.15) is 13.2 Å². The Kier molecular flexibility index (Phi) is 4.06. The van der Waals surface area contributed by atoms with Gasteiger partial charge in [0, 0.05) is 5.02 Å². The Hall–Kier alpha value is -2.40. The molecule has 114 valence electrons. The zero-order chi connectivity index (χ0) is 15.5. The van der Waals surface area contributed by atoms with Crippen LogP contribution < -0.4 is 20.5 Å². The molecule has 1 atom stereocenters. The van der Waals surface area contributed by atoms with Gasteiger partial charge in [0.25, 0.3) is 0 Å². The van der Waals surface area contributed by atoms with Crippen LogP contribution in [0.1, 0.15) is 17.2 Å². The van der Waals surface area contributed by atoms with Crippen molar-refractivity contribution in [1.29, 1.82) is 0 Å². The molecule has 0 aromatic heterocycles. The first-order chi connectivity index (χ1) is 10.6. The maximum absolute atomic E-state index is 11.4. The highest BCUT2D eigenvalue weighted by Gasteiger charge is 2.21. The van der Waals surface area contributed by atoms with E-state index in [0.29, 0.717) is 29.7 Å². The fourth-order valence-corrected chi connectivity index (χ4v) is 2.68. The summed E-state index contributed by atoms with van der Waals surface area (Å²) >= 11 is 6.25. The minimum atomic E-state index is -0.625. The second kappa shape index (κ2) is 6.15. The van der Waals surface area contributed by atoms with Gasteiger partial charge in [0.2, 0.25) is 0 Å². The summed E-state index contributed by atoms with van der Waals surface area (Å²) in [5, 5.41) is 3.27. The zero-order valence-electron chi connectivity index (χ0n) is 11.7. The van der Waals surface area contributed by atoms with E-state index >= 15 is 0 Å². The van der Waals surface area contributed by atoms with Gasteiger partial charge in [0.05, 0.1) is 6.04 Å². The molecule has 0 radical (unpaired) electrons. The number of hydrogen-bond acceptors (Lipinski definition) is 3. The molecule has 0 aliphatic carbocycles. The summed E-state index contributed by atoms with van der Waals surface area (Å²) in [4.78, 5) is 11.4. The molecule has 1 aliphatic heterocycles. The van der Waals surface area contributed by atoms with E-state index < -0.39 is 12.1 Å². The van der Waals surface area contributed by atoms with Gasteiger partial charge in [-0.05, 0) is 29.3 Å². The van der Waals surface area contributed by atoms with E-state index in [1.54, 1.807) is 6.07 Å². The molecule has 2 aromatic rings. The number of nitrogens with one attached hydrogen (secondary N) is 1. The number of benzene rings is 2. The first-order valence-electron chi connectivity index (χ1n) is 6.85. The molecule has 0 fully saturated rings. The van der Waals surface area contributed by atoms with Gasteiger partial charge in [0.15, 0.2) is 11.5 Å². The lowest BCUT2D eigenvalue weighted by Gasteiger charge is -2.23. The molecule has 0 unspecified atom stereocenters. The summed E-state index contributed by atoms with van der Waals surface area (Å²) in [6.07, 6.45) is 0. The molecule has 3 rings (SSSR count). The summed E-state index contributed by atoms with van der Waals surface area (Å²) in [5.74, 6) is 1.33. The number of rotatable bonds is 3. The largest absolute Gasteiger partial charge is 0.486 e. The van der Waals surface area contributed by atoms with Crippen molar-refractivity contribution in [3.63, 3.8) is 0 Å². The average Bonchev–Trinajstić information content (AvgIpc) is 2.53. The van der Waals surface area contributed by atoms with Crippen molar-refractivity contribution in [2.24, 2.45) is 5.73 Å². The first kappa shape index (κ1) is 14.5. The van der Waals surface area contributed by atoms with Crippen LogP contribution in [0.2, 0.25) is 5.02 Å². The lowest BCUT2D eigenvalue weighted by atomic mass is 9.98. The normalized spacial score (nSPS) is 14.2. The number of primary amides is 1. The van der Waals surface area contributed by atoms with Gasteiger partial charge in [-0.3, -0.25) is 0 Å². The van der Waals surface area contributed by atoms with Gasteiger partial charge in [-0.15, -0.1) is 0 Å². The van der Waals surface area contributed by atoms with Crippen LogP contribution in [-0.4, -0.2) is 19.2 Å². The maximum Gasteiger partial charge on any atom is 0.312 e. The van der Waals surface area contributed by atoms with Crippen LogP contribution in [0.25, 0.3) is 0 Å². The third kappa shape index (κ3) is 2.94. The quantitative estimate of drug-likeness (QED) is 0.914. The highest BCUT2D eigenvalue weighted by atomic mass is 35.5. The lowest BCUT2D eigenvalue weighted by Crippen LogP contribution is -2.34. The number of carbonyl (C=O) groups excluding carboxylic acids is 1. The van der Waals surface area contributed by atoms with E-state index in [9.17, 15) is 4.79 Å². The zero-order valence-corrected chi connectivity index (χ0v) is 12.5. The van der Waals surface area contributed by atoms with Crippen molar-refractivity contribution in [3.05, 3.63) is 58.6 Å². The van der Waals surface area contributed by atoms with Crippen molar-refractivity contribution >= 4 is 17.6 Å². The number of nitrogens with two attached hydrogens (primary N) is 1. The molecule has 0 bridgehead atoms. The summed E-state index contributed by atoms with van der Waals surface area (Å²) in [5.41, 5.74) is 6.89. The van der Waals surface area contributed by atoms with Gasteiger partial charge in [-0.1, -0.05) is 35.9 Å². The predicted octanol–water partition coefficient (Wildman–Crippen LogP) is 2.87. The second-order valence-corrected chi connectivity index (χ2v) is 5.27. The predicted molar refractivity (Wildman–Crippen MR) is 83.4 cm³/mol. The summed E-state index contributed by atoms with van der Waals surface area (Å²) in [6.45, 7) is 1.02. The van der Waals surface area contributed by atoms with Crippen LogP contribution in [0.3, 0.4) is 0 Å². The Morgan fingerprint density at radius 1 is 1.14 bits per heavy atom. The van der Waals surface area contributed by atoms with Crippen molar-refractivity contribution in [2.45, 2.75) is 6.04 Å². The van der Waals surface area contributed by atoms with Crippen molar-refractivity contribution < 1.29 is 14.3 Å². The topological polar surface area (TPSA) is 73.6 Å². The summed E-state index contributed by atoms with van der Waals surface area (Å²) in [7, 11) is 0. The second-order valence-electron chi connectivity index (χ2n) is 4.87. The molecule has 5 nitrogen and oxygen atoms in total. The third-order valence-electron chi connectivity index (χ3n) is 3.40. The van der Waals surface area contributed by atoms with Crippen molar-refractivity contribution in [1.82, 2.24) is 5.32 Å². The minimum absolute atomic E-state index is 0.456. The molecule has 2 aromatic carbocycles. The van der Waals surface area contributed by atoms with Crippen molar-refractivity contribution in [3.8, 4) is 11.5 Å². The first-order valence-corrected chi connectivity index (χ1v) is 7.23. The van der Waals surface area contributed by atoms with Gasteiger partial charge in [-0.25, -0.2) is 4.79 Å². The SMILES string of the molecule is NC(=O)N[C@H](c1ccc2c(c1)OCCO2)c1ccccc1Cl. The molecule has 1 heterocycles. The lowest BCUT2D eigenvalue weighted by molar-refractivity contribution is 0.171. The van der Waals surface area contributed by atoms with E-state index in [-0.39, 0.29) is 0 Å². The number of ether oxygens (including phenoxy) is 2. The van der Waals surface area contributed by atoms with Crippen LogP contribution in [0.5, 0.6) is 11.5 Å². The Morgan fingerprint density at radius 3 is 2.59 bits per heavy atom. The van der Waals surface area contributed by atoms with Crippen LogP contribution >= 0.6 is 11.6 Å². The molecule has 22 heavy (non-hydrogen) atoms. The van der Waals surface area contributed by atoms with Gasteiger partial charge >= 0.3 is 6.03 Å². The highest BCUT2D eigenvalue weighted by molar-refractivity contribution is 6.31. The molecule has 3 N–H and O–H groups in total. The Morgan fingerprint density at radius 2 is 1.86 bits per heavy atom. The monoisotopic (exact) mass is 318 g/mol.